The van der Waals surface area contributed by atoms with Crippen LogP contribution in [0.25, 0.3) is 0 Å². The fourth-order valence-electron chi connectivity index (χ4n) is 3.24. The van der Waals surface area contributed by atoms with Crippen molar-refractivity contribution in [2.45, 2.75) is 38.0 Å². The number of rotatable bonds is 2. The maximum atomic E-state index is 5.91. The lowest BCUT2D eigenvalue weighted by Gasteiger charge is -2.40. The van der Waals surface area contributed by atoms with Crippen molar-refractivity contribution in [2.24, 2.45) is 5.73 Å². The molecule has 18 heavy (non-hydrogen) atoms. The van der Waals surface area contributed by atoms with E-state index in [0.29, 0.717) is 18.7 Å². The van der Waals surface area contributed by atoms with Crippen LogP contribution < -0.4 is 10.6 Å². The summed E-state index contributed by atoms with van der Waals surface area (Å²) < 4.78 is 6.99. The van der Waals surface area contributed by atoms with E-state index in [-0.39, 0.29) is 0 Å². The number of nitrogens with two attached hydrogens (primary N) is 1. The molecule has 1 saturated carbocycles. The van der Waals surface area contributed by atoms with Crippen LogP contribution in [-0.4, -0.2) is 25.3 Å². The van der Waals surface area contributed by atoms with E-state index in [2.05, 4.69) is 39.0 Å². The average molecular weight is 311 g/mol. The Balaban J connectivity index is 1.96. The smallest absolute Gasteiger partial charge is 0.0779 e. The normalized spacial score (nSPS) is 27.3. The van der Waals surface area contributed by atoms with Gasteiger partial charge in [0.1, 0.15) is 0 Å². The van der Waals surface area contributed by atoms with Crippen molar-refractivity contribution in [2.75, 3.05) is 18.1 Å². The molecule has 3 nitrogen and oxygen atoms in total. The van der Waals surface area contributed by atoms with E-state index in [9.17, 15) is 0 Å². The summed E-state index contributed by atoms with van der Waals surface area (Å²) in [6.45, 7) is 2.38. The summed E-state index contributed by atoms with van der Waals surface area (Å²) in [5.41, 5.74) is 8.40. The van der Waals surface area contributed by atoms with E-state index in [4.69, 9.17) is 10.5 Å². The van der Waals surface area contributed by atoms with Crippen molar-refractivity contribution < 1.29 is 4.74 Å². The molecular weight excluding hydrogens is 292 g/mol. The summed E-state index contributed by atoms with van der Waals surface area (Å²) in [5.74, 6) is 0. The molecule has 3 rings (SSSR count). The first-order chi connectivity index (χ1) is 8.81. The summed E-state index contributed by atoms with van der Waals surface area (Å²) >= 11 is 3.61. The maximum Gasteiger partial charge on any atom is 0.0779 e. The number of anilines is 1. The first-order valence-corrected chi connectivity index (χ1v) is 7.46. The van der Waals surface area contributed by atoms with Crippen molar-refractivity contribution in [3.63, 3.8) is 0 Å². The van der Waals surface area contributed by atoms with Gasteiger partial charge in [-0.05, 0) is 31.4 Å². The molecule has 0 bridgehead atoms. The Kier molecular flexibility index (Phi) is 3.59. The van der Waals surface area contributed by atoms with Crippen LogP contribution in [0.5, 0.6) is 0 Å². The Labute approximate surface area is 116 Å². The third-order valence-electron chi connectivity index (χ3n) is 4.09. The molecule has 0 spiro atoms. The Bertz CT molecular complexity index is 438. The predicted octanol–water partition coefficient (Wildman–Crippen LogP) is 2.67. The number of hydrogen-bond acceptors (Lipinski definition) is 3. The van der Waals surface area contributed by atoms with E-state index < -0.39 is 0 Å². The molecule has 0 radical (unpaired) electrons. The van der Waals surface area contributed by atoms with Gasteiger partial charge in [-0.1, -0.05) is 22.0 Å². The topological polar surface area (TPSA) is 38.5 Å². The van der Waals surface area contributed by atoms with Crippen molar-refractivity contribution in [3.8, 4) is 0 Å². The summed E-state index contributed by atoms with van der Waals surface area (Å²) in [6.07, 6.45) is 4.13. The monoisotopic (exact) mass is 310 g/mol. The summed E-state index contributed by atoms with van der Waals surface area (Å²) in [5, 5.41) is 0. The molecule has 2 fully saturated rings. The minimum Gasteiger partial charge on any atom is -0.374 e. The van der Waals surface area contributed by atoms with E-state index >= 15 is 0 Å². The second-order valence-electron chi connectivity index (χ2n) is 5.04. The number of benzene rings is 1. The quantitative estimate of drug-likeness (QED) is 0.912. The molecule has 4 heteroatoms. The molecule has 0 amide bonds. The van der Waals surface area contributed by atoms with Crippen LogP contribution in [0.1, 0.15) is 24.8 Å². The van der Waals surface area contributed by atoms with Crippen LogP contribution in [0.2, 0.25) is 0 Å². The van der Waals surface area contributed by atoms with E-state index in [0.717, 1.165) is 17.6 Å². The average Bonchev–Trinajstić information content (AvgIpc) is 2.86. The lowest BCUT2D eigenvalue weighted by Crippen LogP contribution is -2.49. The number of fused-ring (bicyclic) bond motifs is 1. The largest absolute Gasteiger partial charge is 0.374 e. The molecule has 1 aromatic rings. The van der Waals surface area contributed by atoms with Crippen LogP contribution in [0.4, 0.5) is 5.69 Å². The second-order valence-corrected chi connectivity index (χ2v) is 5.90. The van der Waals surface area contributed by atoms with Crippen LogP contribution in [0.15, 0.2) is 22.7 Å². The zero-order valence-corrected chi connectivity index (χ0v) is 12.0. The molecule has 2 aliphatic rings. The van der Waals surface area contributed by atoms with Gasteiger partial charge >= 0.3 is 0 Å². The van der Waals surface area contributed by atoms with Crippen LogP contribution in [0.3, 0.4) is 0 Å². The fraction of sp³-hybridized carbons (Fsp3) is 0.571. The molecule has 0 aromatic heterocycles. The number of halogens is 1. The van der Waals surface area contributed by atoms with Crippen molar-refractivity contribution in [3.05, 3.63) is 28.2 Å². The van der Waals surface area contributed by atoms with Crippen LogP contribution in [-0.2, 0) is 11.3 Å². The number of hydrogen-bond donors (Lipinski definition) is 1. The van der Waals surface area contributed by atoms with Gasteiger partial charge in [-0.15, -0.1) is 0 Å². The van der Waals surface area contributed by atoms with Crippen molar-refractivity contribution in [1.29, 1.82) is 0 Å². The van der Waals surface area contributed by atoms with Gasteiger partial charge in [-0.25, -0.2) is 0 Å². The predicted molar refractivity (Wildman–Crippen MR) is 76.8 cm³/mol. The van der Waals surface area contributed by atoms with Crippen LogP contribution >= 0.6 is 15.9 Å². The van der Waals surface area contributed by atoms with E-state index in [1.54, 1.807) is 0 Å². The summed E-state index contributed by atoms with van der Waals surface area (Å²) in [6, 6.07) is 6.89. The van der Waals surface area contributed by atoms with Gasteiger partial charge in [0.05, 0.1) is 18.8 Å². The fourth-order valence-corrected chi connectivity index (χ4v) is 3.76. The van der Waals surface area contributed by atoms with Crippen LogP contribution in [0, 0.1) is 0 Å². The maximum absolute atomic E-state index is 5.91. The zero-order chi connectivity index (χ0) is 12.5. The van der Waals surface area contributed by atoms with Gasteiger partial charge in [0.2, 0.25) is 0 Å². The molecule has 98 valence electrons. The highest BCUT2D eigenvalue weighted by molar-refractivity contribution is 9.10. The molecule has 2 N–H and O–H groups in total. The molecule has 1 aliphatic carbocycles. The highest BCUT2D eigenvalue weighted by Crippen LogP contribution is 2.36. The standard InChI is InChI=1S/C14H19BrN2O/c15-11-3-1-4-12(10(11)9-16)17-7-8-18-14-6-2-5-13(14)17/h1,3-4,13-14H,2,5-9,16H2. The van der Waals surface area contributed by atoms with Gasteiger partial charge in [0, 0.05) is 28.8 Å². The molecule has 2 unspecified atom stereocenters. The summed E-state index contributed by atoms with van der Waals surface area (Å²) in [4.78, 5) is 2.51. The minimum absolute atomic E-state index is 0.420. The lowest BCUT2D eigenvalue weighted by molar-refractivity contribution is 0.0256. The highest BCUT2D eigenvalue weighted by atomic mass is 79.9. The minimum atomic E-state index is 0.420. The van der Waals surface area contributed by atoms with E-state index in [1.165, 1.54) is 30.5 Å². The van der Waals surface area contributed by atoms with Gasteiger partial charge in [-0.2, -0.15) is 0 Å². The molecule has 1 heterocycles. The van der Waals surface area contributed by atoms with Gasteiger partial charge in [0.15, 0.2) is 0 Å². The molecule has 1 aliphatic heterocycles. The second kappa shape index (κ2) is 5.19. The Morgan fingerprint density at radius 2 is 2.28 bits per heavy atom. The first-order valence-electron chi connectivity index (χ1n) is 6.67. The Morgan fingerprint density at radius 3 is 3.11 bits per heavy atom. The molecule has 1 saturated heterocycles. The number of ether oxygens (including phenoxy) is 1. The number of nitrogens with zero attached hydrogens (tertiary/aromatic N) is 1. The number of morpholine rings is 1. The Hall–Kier alpha value is -0.580. The van der Waals surface area contributed by atoms with Crippen molar-refractivity contribution >= 4 is 21.6 Å². The summed E-state index contributed by atoms with van der Waals surface area (Å²) in [7, 11) is 0. The van der Waals surface area contributed by atoms with Gasteiger partial charge < -0.3 is 15.4 Å². The van der Waals surface area contributed by atoms with E-state index in [1.807, 2.05) is 0 Å². The highest BCUT2D eigenvalue weighted by Gasteiger charge is 2.36. The van der Waals surface area contributed by atoms with Gasteiger partial charge in [-0.3, -0.25) is 0 Å². The first kappa shape index (κ1) is 12.5. The molecule has 2 atom stereocenters. The van der Waals surface area contributed by atoms with Gasteiger partial charge in [0.25, 0.3) is 0 Å². The van der Waals surface area contributed by atoms with Crippen molar-refractivity contribution in [1.82, 2.24) is 0 Å². The third kappa shape index (κ3) is 2.06. The Morgan fingerprint density at radius 1 is 1.39 bits per heavy atom. The lowest BCUT2D eigenvalue weighted by atomic mass is 10.1. The molecule has 1 aromatic carbocycles. The SMILES string of the molecule is NCc1c(Br)cccc1N1CCOC2CCCC21. The molecular formula is C14H19BrN2O. The third-order valence-corrected chi connectivity index (χ3v) is 4.83. The zero-order valence-electron chi connectivity index (χ0n) is 10.4.